The first-order valence-electron chi connectivity index (χ1n) is 9.57. The standard InChI is InChI=1S/C23H28FN/c1-16-9-11-19-22(13-16)25(15-17-7-5-4-6-8-17)21-12-10-18(24)14-20(21)23(19,2)3/h4-8,10,12,14,16,19,22H,9,11,13,15H2,1-3H3/t16-,19-,22-/m1/s1. The second-order valence-electron chi connectivity index (χ2n) is 8.59. The molecule has 4 rings (SSSR count). The quantitative estimate of drug-likeness (QED) is 0.656. The van der Waals surface area contributed by atoms with Crippen molar-refractivity contribution in [1.29, 1.82) is 0 Å². The zero-order valence-corrected chi connectivity index (χ0v) is 15.5. The molecule has 1 saturated carbocycles. The fourth-order valence-corrected chi connectivity index (χ4v) is 5.17. The van der Waals surface area contributed by atoms with Gasteiger partial charge in [0, 0.05) is 18.3 Å². The minimum Gasteiger partial charge on any atom is -0.364 e. The molecule has 25 heavy (non-hydrogen) atoms. The molecule has 2 aromatic carbocycles. The molecule has 0 saturated heterocycles. The molecular weight excluding hydrogens is 309 g/mol. The van der Waals surface area contributed by atoms with E-state index in [-0.39, 0.29) is 11.2 Å². The Hall–Kier alpha value is -1.83. The van der Waals surface area contributed by atoms with Crippen molar-refractivity contribution in [2.45, 2.75) is 58.0 Å². The number of nitrogens with zero attached hydrogens (tertiary/aromatic N) is 1. The van der Waals surface area contributed by atoms with Crippen LogP contribution in [0.5, 0.6) is 0 Å². The van der Waals surface area contributed by atoms with Crippen molar-refractivity contribution < 1.29 is 4.39 Å². The highest BCUT2D eigenvalue weighted by molar-refractivity contribution is 5.61. The van der Waals surface area contributed by atoms with Crippen molar-refractivity contribution in [1.82, 2.24) is 0 Å². The van der Waals surface area contributed by atoms with Crippen LogP contribution in [0, 0.1) is 17.7 Å². The Morgan fingerprint density at radius 2 is 1.84 bits per heavy atom. The van der Waals surface area contributed by atoms with Crippen LogP contribution >= 0.6 is 0 Å². The largest absolute Gasteiger partial charge is 0.364 e. The first-order chi connectivity index (χ1) is 12.0. The highest BCUT2D eigenvalue weighted by Crippen LogP contribution is 2.52. The van der Waals surface area contributed by atoms with Crippen LogP contribution in [0.25, 0.3) is 0 Å². The third-order valence-corrected chi connectivity index (χ3v) is 6.56. The molecule has 1 aliphatic heterocycles. The van der Waals surface area contributed by atoms with E-state index in [1.54, 1.807) is 12.1 Å². The van der Waals surface area contributed by atoms with Gasteiger partial charge in [-0.25, -0.2) is 4.39 Å². The predicted molar refractivity (Wildman–Crippen MR) is 102 cm³/mol. The lowest BCUT2D eigenvalue weighted by Crippen LogP contribution is -2.54. The lowest BCUT2D eigenvalue weighted by atomic mass is 9.60. The number of anilines is 1. The second kappa shape index (κ2) is 6.16. The lowest BCUT2D eigenvalue weighted by Gasteiger charge is -2.55. The third kappa shape index (κ3) is 2.86. The number of hydrogen-bond acceptors (Lipinski definition) is 1. The molecule has 132 valence electrons. The maximum absolute atomic E-state index is 14.1. The van der Waals surface area contributed by atoms with Gasteiger partial charge in [0.25, 0.3) is 0 Å². The monoisotopic (exact) mass is 337 g/mol. The van der Waals surface area contributed by atoms with Crippen molar-refractivity contribution in [2.24, 2.45) is 11.8 Å². The fourth-order valence-electron chi connectivity index (χ4n) is 5.17. The van der Waals surface area contributed by atoms with Gasteiger partial charge in [-0.1, -0.05) is 57.5 Å². The van der Waals surface area contributed by atoms with Gasteiger partial charge in [0.05, 0.1) is 0 Å². The van der Waals surface area contributed by atoms with Gasteiger partial charge in [-0.3, -0.25) is 0 Å². The molecule has 1 heterocycles. The normalized spacial score (nSPS) is 27.5. The number of halogens is 1. The van der Waals surface area contributed by atoms with Crippen LogP contribution in [0.2, 0.25) is 0 Å². The van der Waals surface area contributed by atoms with Gasteiger partial charge in [-0.05, 0) is 59.4 Å². The first kappa shape index (κ1) is 16.6. The highest BCUT2D eigenvalue weighted by Gasteiger charge is 2.47. The molecule has 0 aromatic heterocycles. The zero-order chi connectivity index (χ0) is 17.6. The number of rotatable bonds is 2. The molecule has 2 aromatic rings. The van der Waals surface area contributed by atoms with E-state index in [9.17, 15) is 4.39 Å². The molecule has 3 atom stereocenters. The summed E-state index contributed by atoms with van der Waals surface area (Å²) in [6.45, 7) is 7.92. The van der Waals surface area contributed by atoms with Gasteiger partial charge in [0.1, 0.15) is 5.82 Å². The average Bonchev–Trinajstić information content (AvgIpc) is 2.59. The number of fused-ring (bicyclic) bond motifs is 2. The molecule has 2 aliphatic rings. The van der Waals surface area contributed by atoms with Crippen molar-refractivity contribution in [2.75, 3.05) is 4.90 Å². The van der Waals surface area contributed by atoms with E-state index < -0.39 is 0 Å². The summed E-state index contributed by atoms with van der Waals surface area (Å²) in [6.07, 6.45) is 3.76. The molecule has 2 heteroatoms. The van der Waals surface area contributed by atoms with Crippen LogP contribution in [0.15, 0.2) is 48.5 Å². The van der Waals surface area contributed by atoms with Gasteiger partial charge in [0.15, 0.2) is 0 Å². The van der Waals surface area contributed by atoms with E-state index in [1.165, 1.54) is 36.1 Å². The van der Waals surface area contributed by atoms with Gasteiger partial charge >= 0.3 is 0 Å². The Morgan fingerprint density at radius 3 is 2.60 bits per heavy atom. The molecule has 0 unspecified atom stereocenters. The van der Waals surface area contributed by atoms with Crippen LogP contribution in [0.3, 0.4) is 0 Å². The van der Waals surface area contributed by atoms with E-state index >= 15 is 0 Å². The number of benzene rings is 2. The van der Waals surface area contributed by atoms with Crippen molar-refractivity contribution in [3.05, 3.63) is 65.5 Å². The van der Waals surface area contributed by atoms with Gasteiger partial charge < -0.3 is 4.90 Å². The van der Waals surface area contributed by atoms with Crippen LogP contribution in [0.1, 0.15) is 51.2 Å². The molecule has 0 spiro atoms. The zero-order valence-electron chi connectivity index (χ0n) is 15.5. The summed E-state index contributed by atoms with van der Waals surface area (Å²) in [7, 11) is 0. The molecule has 0 N–H and O–H groups in total. The first-order valence-corrected chi connectivity index (χ1v) is 9.57. The topological polar surface area (TPSA) is 3.24 Å². The molecule has 0 bridgehead atoms. The van der Waals surface area contributed by atoms with Crippen LogP contribution in [0.4, 0.5) is 10.1 Å². The summed E-state index contributed by atoms with van der Waals surface area (Å²) >= 11 is 0. The maximum atomic E-state index is 14.1. The summed E-state index contributed by atoms with van der Waals surface area (Å²) in [5.74, 6) is 1.23. The van der Waals surface area contributed by atoms with E-state index in [0.717, 1.165) is 12.5 Å². The van der Waals surface area contributed by atoms with Gasteiger partial charge in [0.2, 0.25) is 0 Å². The minimum atomic E-state index is -0.117. The van der Waals surface area contributed by atoms with Crippen LogP contribution in [-0.2, 0) is 12.0 Å². The van der Waals surface area contributed by atoms with Crippen molar-refractivity contribution in [3.63, 3.8) is 0 Å². The van der Waals surface area contributed by atoms with E-state index in [0.29, 0.717) is 12.0 Å². The molecule has 0 amide bonds. The van der Waals surface area contributed by atoms with Crippen molar-refractivity contribution >= 4 is 5.69 Å². The Bertz CT molecular complexity index is 752. The van der Waals surface area contributed by atoms with E-state index in [4.69, 9.17) is 0 Å². The Morgan fingerprint density at radius 1 is 1.08 bits per heavy atom. The minimum absolute atomic E-state index is 0.0232. The predicted octanol–water partition coefficient (Wildman–Crippen LogP) is 5.93. The lowest BCUT2D eigenvalue weighted by molar-refractivity contribution is 0.151. The average molecular weight is 337 g/mol. The summed E-state index contributed by atoms with van der Waals surface area (Å²) < 4.78 is 14.1. The Balaban J connectivity index is 1.82. The summed E-state index contributed by atoms with van der Waals surface area (Å²) in [6, 6.07) is 16.6. The van der Waals surface area contributed by atoms with Crippen LogP contribution < -0.4 is 4.90 Å². The molecule has 1 aliphatic carbocycles. The second-order valence-corrected chi connectivity index (χ2v) is 8.59. The fraction of sp³-hybridized carbons (Fsp3) is 0.478. The Labute approximate surface area is 150 Å². The Kier molecular flexibility index (Phi) is 4.10. The highest BCUT2D eigenvalue weighted by atomic mass is 19.1. The smallest absolute Gasteiger partial charge is 0.123 e. The third-order valence-electron chi connectivity index (χ3n) is 6.56. The van der Waals surface area contributed by atoms with Crippen molar-refractivity contribution in [3.8, 4) is 0 Å². The number of hydrogen-bond donors (Lipinski definition) is 0. The van der Waals surface area contributed by atoms with Gasteiger partial charge in [-0.15, -0.1) is 0 Å². The summed E-state index contributed by atoms with van der Waals surface area (Å²) in [4.78, 5) is 2.57. The molecule has 1 fully saturated rings. The molecule has 1 nitrogen and oxygen atoms in total. The van der Waals surface area contributed by atoms with Gasteiger partial charge in [-0.2, -0.15) is 0 Å². The molecule has 0 radical (unpaired) electrons. The summed E-state index contributed by atoms with van der Waals surface area (Å²) in [5.41, 5.74) is 3.76. The molecular formula is C23H28FN. The van der Waals surface area contributed by atoms with E-state index in [2.05, 4.69) is 56.0 Å². The van der Waals surface area contributed by atoms with Crippen LogP contribution in [-0.4, -0.2) is 6.04 Å². The summed E-state index contributed by atoms with van der Waals surface area (Å²) in [5, 5.41) is 0. The SMILES string of the molecule is C[C@@H]1CC[C@@H]2[C@@H](C1)N(Cc1ccccc1)c1ccc(F)cc1C2(C)C. The van der Waals surface area contributed by atoms with E-state index in [1.807, 2.05) is 6.07 Å². The maximum Gasteiger partial charge on any atom is 0.123 e.